The number of para-hydroxylation sites is 1. The Bertz CT molecular complexity index is 838. The second-order valence-corrected chi connectivity index (χ2v) is 7.21. The SMILES string of the molecule is CN(c1ccccc1C(N)=O)S(=O)(=O)c1ccc(Cl)c(Cl)c1. The number of carbonyl (C=O) groups is 1. The first kappa shape index (κ1) is 16.6. The van der Waals surface area contributed by atoms with Gasteiger partial charge < -0.3 is 5.73 Å². The Balaban J connectivity index is 2.54. The van der Waals surface area contributed by atoms with Crippen molar-refractivity contribution < 1.29 is 13.2 Å². The van der Waals surface area contributed by atoms with Gasteiger partial charge in [-0.15, -0.1) is 0 Å². The third-order valence-electron chi connectivity index (χ3n) is 3.06. The number of nitrogens with two attached hydrogens (primary N) is 1. The highest BCUT2D eigenvalue weighted by atomic mass is 35.5. The van der Waals surface area contributed by atoms with Crippen molar-refractivity contribution in [1.82, 2.24) is 0 Å². The first-order valence-corrected chi connectivity index (χ1v) is 8.27. The highest BCUT2D eigenvalue weighted by Crippen LogP contribution is 2.29. The maximum Gasteiger partial charge on any atom is 0.264 e. The average molecular weight is 359 g/mol. The fourth-order valence-electron chi connectivity index (χ4n) is 1.88. The molecule has 0 spiro atoms. The number of sulfonamides is 1. The van der Waals surface area contributed by atoms with Gasteiger partial charge in [-0.1, -0.05) is 35.3 Å². The van der Waals surface area contributed by atoms with E-state index in [4.69, 9.17) is 28.9 Å². The number of primary amides is 1. The fourth-order valence-corrected chi connectivity index (χ4v) is 3.49. The van der Waals surface area contributed by atoms with Crippen molar-refractivity contribution in [3.63, 3.8) is 0 Å². The molecule has 0 bridgehead atoms. The maximum absolute atomic E-state index is 12.6. The number of carbonyl (C=O) groups excluding carboxylic acids is 1. The molecule has 0 saturated carbocycles. The molecule has 22 heavy (non-hydrogen) atoms. The number of benzene rings is 2. The molecule has 2 N–H and O–H groups in total. The predicted molar refractivity (Wildman–Crippen MR) is 87.0 cm³/mol. The van der Waals surface area contributed by atoms with E-state index in [0.29, 0.717) is 0 Å². The van der Waals surface area contributed by atoms with Gasteiger partial charge >= 0.3 is 0 Å². The molecule has 5 nitrogen and oxygen atoms in total. The number of rotatable bonds is 4. The monoisotopic (exact) mass is 358 g/mol. The molecule has 8 heteroatoms. The molecule has 2 rings (SSSR count). The van der Waals surface area contributed by atoms with Crippen LogP contribution in [0.15, 0.2) is 47.4 Å². The summed E-state index contributed by atoms with van der Waals surface area (Å²) in [6.07, 6.45) is 0. The topological polar surface area (TPSA) is 80.5 Å². The van der Waals surface area contributed by atoms with Gasteiger partial charge in [-0.05, 0) is 30.3 Å². The molecule has 0 saturated heterocycles. The predicted octanol–water partition coefficient (Wildman–Crippen LogP) is 2.92. The summed E-state index contributed by atoms with van der Waals surface area (Å²) in [4.78, 5) is 11.4. The third-order valence-corrected chi connectivity index (χ3v) is 5.56. The smallest absolute Gasteiger partial charge is 0.264 e. The fraction of sp³-hybridized carbons (Fsp3) is 0.0714. The molecule has 0 aliphatic heterocycles. The number of anilines is 1. The number of halogens is 2. The lowest BCUT2D eigenvalue weighted by molar-refractivity contribution is 0.100. The van der Waals surface area contributed by atoms with Crippen LogP contribution in [0, 0.1) is 0 Å². The standard InChI is InChI=1S/C14H12Cl2N2O3S/c1-18(13-5-3-2-4-10(13)14(17)19)22(20,21)9-6-7-11(15)12(16)8-9/h2-8H,1H3,(H2,17,19). The molecular weight excluding hydrogens is 347 g/mol. The van der Waals surface area contributed by atoms with Crippen molar-refractivity contribution in [3.8, 4) is 0 Å². The summed E-state index contributed by atoms with van der Waals surface area (Å²) < 4.78 is 26.3. The summed E-state index contributed by atoms with van der Waals surface area (Å²) >= 11 is 11.7. The molecule has 0 aromatic heterocycles. The Morgan fingerprint density at radius 2 is 1.73 bits per heavy atom. The Morgan fingerprint density at radius 1 is 1.09 bits per heavy atom. The Kier molecular flexibility index (Phi) is 4.65. The Labute approximate surface area is 138 Å². The highest BCUT2D eigenvalue weighted by Gasteiger charge is 2.25. The quantitative estimate of drug-likeness (QED) is 0.912. The van der Waals surface area contributed by atoms with Crippen molar-refractivity contribution in [3.05, 3.63) is 58.1 Å². The van der Waals surface area contributed by atoms with Crippen LogP contribution in [0.1, 0.15) is 10.4 Å². The van der Waals surface area contributed by atoms with Crippen molar-refractivity contribution in [2.75, 3.05) is 11.4 Å². The minimum absolute atomic E-state index is 0.0383. The summed E-state index contributed by atoms with van der Waals surface area (Å²) in [6, 6.07) is 10.2. The van der Waals surface area contributed by atoms with Gasteiger partial charge in [0.2, 0.25) is 0 Å². The van der Waals surface area contributed by atoms with E-state index in [-0.39, 0.29) is 26.2 Å². The zero-order chi connectivity index (χ0) is 16.5. The van der Waals surface area contributed by atoms with Gasteiger partial charge in [-0.2, -0.15) is 0 Å². The van der Waals surface area contributed by atoms with E-state index in [1.54, 1.807) is 12.1 Å². The van der Waals surface area contributed by atoms with Crippen LogP contribution in [0.2, 0.25) is 10.0 Å². The van der Waals surface area contributed by atoms with Crippen LogP contribution in [0.3, 0.4) is 0 Å². The van der Waals surface area contributed by atoms with E-state index in [1.165, 1.54) is 37.4 Å². The van der Waals surface area contributed by atoms with E-state index in [9.17, 15) is 13.2 Å². The van der Waals surface area contributed by atoms with Gasteiger partial charge in [-0.25, -0.2) is 8.42 Å². The first-order valence-electron chi connectivity index (χ1n) is 6.08. The lowest BCUT2D eigenvalue weighted by atomic mass is 10.2. The van der Waals surface area contributed by atoms with Gasteiger partial charge in [0.1, 0.15) is 0 Å². The summed E-state index contributed by atoms with van der Waals surface area (Å²) in [5, 5.41) is 0.375. The average Bonchev–Trinajstić information content (AvgIpc) is 2.49. The van der Waals surface area contributed by atoms with Crippen molar-refractivity contribution in [2.24, 2.45) is 5.73 Å². The zero-order valence-corrected chi connectivity index (χ0v) is 13.8. The number of hydrogen-bond acceptors (Lipinski definition) is 3. The van der Waals surface area contributed by atoms with E-state index < -0.39 is 15.9 Å². The Hall–Kier alpha value is -1.76. The van der Waals surface area contributed by atoms with Crippen LogP contribution in [0.25, 0.3) is 0 Å². The summed E-state index contributed by atoms with van der Waals surface area (Å²) in [5.74, 6) is -0.716. The minimum atomic E-state index is -3.90. The second kappa shape index (κ2) is 6.16. The van der Waals surface area contributed by atoms with Crippen molar-refractivity contribution in [1.29, 1.82) is 0 Å². The molecule has 0 atom stereocenters. The summed E-state index contributed by atoms with van der Waals surface area (Å²) in [7, 11) is -2.57. The first-order chi connectivity index (χ1) is 10.2. The van der Waals surface area contributed by atoms with Crippen LogP contribution in [0.5, 0.6) is 0 Å². The largest absolute Gasteiger partial charge is 0.366 e. The van der Waals surface area contributed by atoms with Gasteiger partial charge in [0.25, 0.3) is 15.9 Å². The molecule has 0 aliphatic carbocycles. The maximum atomic E-state index is 12.6. The molecule has 2 aromatic rings. The Morgan fingerprint density at radius 3 is 2.32 bits per heavy atom. The van der Waals surface area contributed by atoms with E-state index in [1.807, 2.05) is 0 Å². The van der Waals surface area contributed by atoms with Crippen LogP contribution < -0.4 is 10.0 Å². The van der Waals surface area contributed by atoms with E-state index in [2.05, 4.69) is 0 Å². The van der Waals surface area contributed by atoms with Gasteiger partial charge in [0.05, 0.1) is 26.2 Å². The molecule has 0 fully saturated rings. The third kappa shape index (κ3) is 3.04. The molecule has 0 radical (unpaired) electrons. The lowest BCUT2D eigenvalue weighted by Gasteiger charge is -2.21. The summed E-state index contributed by atoms with van der Waals surface area (Å²) in [6.45, 7) is 0. The van der Waals surface area contributed by atoms with Crippen molar-refractivity contribution in [2.45, 2.75) is 4.90 Å². The second-order valence-electron chi connectivity index (χ2n) is 4.43. The van der Waals surface area contributed by atoms with Crippen LogP contribution in [-0.2, 0) is 10.0 Å². The van der Waals surface area contributed by atoms with Crippen LogP contribution in [0.4, 0.5) is 5.69 Å². The van der Waals surface area contributed by atoms with Crippen molar-refractivity contribution >= 4 is 44.8 Å². The zero-order valence-electron chi connectivity index (χ0n) is 11.5. The molecule has 1 amide bonds. The molecule has 0 aliphatic rings. The van der Waals surface area contributed by atoms with Crippen LogP contribution in [-0.4, -0.2) is 21.4 Å². The number of nitrogens with zero attached hydrogens (tertiary/aromatic N) is 1. The normalized spacial score (nSPS) is 11.2. The molecular formula is C14H12Cl2N2O3S. The van der Waals surface area contributed by atoms with Gasteiger partial charge in [-0.3, -0.25) is 9.10 Å². The number of amides is 1. The van der Waals surface area contributed by atoms with E-state index >= 15 is 0 Å². The molecule has 0 unspecified atom stereocenters. The van der Waals surface area contributed by atoms with Crippen LogP contribution >= 0.6 is 23.2 Å². The minimum Gasteiger partial charge on any atom is -0.366 e. The van der Waals surface area contributed by atoms with Gasteiger partial charge in [0, 0.05) is 7.05 Å². The summed E-state index contributed by atoms with van der Waals surface area (Å²) in [5.41, 5.74) is 5.57. The molecule has 116 valence electrons. The number of hydrogen-bond donors (Lipinski definition) is 1. The lowest BCUT2D eigenvalue weighted by Crippen LogP contribution is -2.29. The molecule has 0 heterocycles. The molecule has 2 aromatic carbocycles. The van der Waals surface area contributed by atoms with E-state index in [0.717, 1.165) is 4.31 Å². The van der Waals surface area contributed by atoms with Gasteiger partial charge in [0.15, 0.2) is 0 Å². The highest BCUT2D eigenvalue weighted by molar-refractivity contribution is 7.92.